The van der Waals surface area contributed by atoms with Gasteiger partial charge in [-0.1, -0.05) is 23.7 Å². The smallest absolute Gasteiger partial charge is 0.261 e. The van der Waals surface area contributed by atoms with Crippen LogP contribution in [-0.2, 0) is 0 Å². The lowest BCUT2D eigenvalue weighted by Crippen LogP contribution is -2.31. The predicted octanol–water partition coefficient (Wildman–Crippen LogP) is 2.19. The molecule has 1 saturated heterocycles. The van der Waals surface area contributed by atoms with Crippen molar-refractivity contribution in [2.45, 2.75) is 6.42 Å². The molecule has 3 rings (SSSR count). The standard InChI is InChI=1S/C14H13ClN2O2.ClH/c15-12(9-5-6-16-7-9)8-17-13(18)10-3-1-2-4-11(10)14(17)19;/h1-4,16H,5-8H2;1H. The van der Waals surface area contributed by atoms with Gasteiger partial charge >= 0.3 is 0 Å². The van der Waals surface area contributed by atoms with Gasteiger partial charge in [-0.15, -0.1) is 12.4 Å². The highest BCUT2D eigenvalue weighted by Crippen LogP contribution is 2.25. The van der Waals surface area contributed by atoms with Gasteiger partial charge in [-0.25, -0.2) is 0 Å². The Bertz CT molecular complexity index is 556. The summed E-state index contributed by atoms with van der Waals surface area (Å²) in [5.74, 6) is -0.518. The minimum atomic E-state index is -0.259. The number of carbonyl (C=O) groups excluding carboxylic acids is 2. The van der Waals surface area contributed by atoms with Crippen molar-refractivity contribution in [2.24, 2.45) is 0 Å². The van der Waals surface area contributed by atoms with Crippen LogP contribution in [0.4, 0.5) is 0 Å². The van der Waals surface area contributed by atoms with E-state index in [4.69, 9.17) is 11.6 Å². The first-order chi connectivity index (χ1) is 9.18. The van der Waals surface area contributed by atoms with E-state index in [1.54, 1.807) is 24.3 Å². The third kappa shape index (κ3) is 2.46. The lowest BCUT2D eigenvalue weighted by Gasteiger charge is -2.14. The molecule has 106 valence electrons. The summed E-state index contributed by atoms with van der Waals surface area (Å²) in [5, 5.41) is 3.78. The van der Waals surface area contributed by atoms with Crippen molar-refractivity contribution in [1.29, 1.82) is 0 Å². The lowest BCUT2D eigenvalue weighted by atomic mass is 10.1. The van der Waals surface area contributed by atoms with Crippen LogP contribution in [-0.4, -0.2) is 36.3 Å². The number of halogens is 2. The molecule has 0 spiro atoms. The van der Waals surface area contributed by atoms with E-state index in [0.717, 1.165) is 25.1 Å². The van der Waals surface area contributed by atoms with Crippen molar-refractivity contribution < 1.29 is 9.59 Å². The molecule has 4 nitrogen and oxygen atoms in total. The Labute approximate surface area is 128 Å². The Balaban J connectivity index is 0.00000147. The number of imide groups is 1. The van der Waals surface area contributed by atoms with Crippen molar-refractivity contribution in [1.82, 2.24) is 10.2 Å². The third-order valence-corrected chi connectivity index (χ3v) is 3.89. The zero-order valence-corrected chi connectivity index (χ0v) is 12.3. The van der Waals surface area contributed by atoms with Gasteiger partial charge in [0.25, 0.3) is 11.8 Å². The van der Waals surface area contributed by atoms with Gasteiger partial charge in [0.05, 0.1) is 17.7 Å². The second kappa shape index (κ2) is 5.95. The molecule has 0 aliphatic carbocycles. The fraction of sp³-hybridized carbons (Fsp3) is 0.286. The zero-order valence-electron chi connectivity index (χ0n) is 10.7. The number of nitrogens with one attached hydrogen (secondary N) is 1. The number of amides is 2. The molecule has 2 aliphatic heterocycles. The van der Waals surface area contributed by atoms with Crippen LogP contribution in [0.5, 0.6) is 0 Å². The fourth-order valence-corrected chi connectivity index (χ4v) is 2.71. The topological polar surface area (TPSA) is 49.4 Å². The van der Waals surface area contributed by atoms with E-state index in [2.05, 4.69) is 5.32 Å². The summed E-state index contributed by atoms with van der Waals surface area (Å²) in [6, 6.07) is 6.87. The maximum atomic E-state index is 12.2. The Kier molecular flexibility index (Phi) is 4.48. The van der Waals surface area contributed by atoms with Crippen LogP contribution < -0.4 is 5.32 Å². The van der Waals surface area contributed by atoms with Crippen molar-refractivity contribution in [2.75, 3.05) is 19.6 Å². The summed E-state index contributed by atoms with van der Waals surface area (Å²) in [6.07, 6.45) is 0.877. The summed E-state index contributed by atoms with van der Waals surface area (Å²) in [7, 11) is 0. The Morgan fingerprint density at radius 3 is 2.30 bits per heavy atom. The van der Waals surface area contributed by atoms with Crippen LogP contribution in [0.2, 0.25) is 0 Å². The maximum Gasteiger partial charge on any atom is 0.261 e. The Morgan fingerprint density at radius 1 is 1.20 bits per heavy atom. The first-order valence-corrected chi connectivity index (χ1v) is 6.58. The Morgan fingerprint density at radius 2 is 1.80 bits per heavy atom. The minimum Gasteiger partial charge on any atom is -0.313 e. The summed E-state index contributed by atoms with van der Waals surface area (Å²) in [5.41, 5.74) is 2.01. The second-order valence-electron chi connectivity index (χ2n) is 4.68. The first-order valence-electron chi connectivity index (χ1n) is 6.21. The van der Waals surface area contributed by atoms with E-state index in [1.165, 1.54) is 4.90 Å². The number of fused-ring (bicyclic) bond motifs is 1. The largest absolute Gasteiger partial charge is 0.313 e. The number of nitrogens with zero attached hydrogens (tertiary/aromatic N) is 1. The van der Waals surface area contributed by atoms with Gasteiger partial charge in [-0.2, -0.15) is 0 Å². The van der Waals surface area contributed by atoms with Crippen molar-refractivity contribution >= 4 is 35.8 Å². The molecule has 2 amide bonds. The quantitative estimate of drug-likeness (QED) is 0.852. The first kappa shape index (κ1) is 15.0. The van der Waals surface area contributed by atoms with Gasteiger partial charge in [0.1, 0.15) is 0 Å². The lowest BCUT2D eigenvalue weighted by molar-refractivity contribution is 0.0670. The number of carbonyl (C=O) groups is 2. The van der Waals surface area contributed by atoms with Crippen LogP contribution in [0.1, 0.15) is 27.1 Å². The van der Waals surface area contributed by atoms with Crippen molar-refractivity contribution in [3.8, 4) is 0 Å². The molecule has 0 saturated carbocycles. The maximum absolute atomic E-state index is 12.2. The van der Waals surface area contributed by atoms with Crippen LogP contribution in [0.3, 0.4) is 0 Å². The molecule has 1 N–H and O–H groups in total. The highest BCUT2D eigenvalue weighted by molar-refractivity contribution is 6.31. The third-order valence-electron chi connectivity index (χ3n) is 3.50. The molecule has 1 aromatic rings. The monoisotopic (exact) mass is 312 g/mol. The molecule has 0 bridgehead atoms. The van der Waals surface area contributed by atoms with Gasteiger partial charge in [-0.3, -0.25) is 14.5 Å². The van der Waals surface area contributed by atoms with E-state index in [1.807, 2.05) is 0 Å². The normalized spacial score (nSPS) is 19.9. The van der Waals surface area contributed by atoms with Crippen LogP contribution >= 0.6 is 24.0 Å². The highest BCUT2D eigenvalue weighted by Gasteiger charge is 2.35. The van der Waals surface area contributed by atoms with Crippen LogP contribution in [0.25, 0.3) is 0 Å². The summed E-state index contributed by atoms with van der Waals surface area (Å²) < 4.78 is 0. The van der Waals surface area contributed by atoms with E-state index < -0.39 is 0 Å². The van der Waals surface area contributed by atoms with Crippen molar-refractivity contribution in [3.05, 3.63) is 46.0 Å². The second-order valence-corrected chi connectivity index (χ2v) is 5.13. The molecule has 2 aliphatic rings. The molecule has 20 heavy (non-hydrogen) atoms. The van der Waals surface area contributed by atoms with Crippen LogP contribution in [0, 0.1) is 0 Å². The molecule has 2 heterocycles. The van der Waals surface area contributed by atoms with E-state index >= 15 is 0 Å². The van der Waals surface area contributed by atoms with Crippen molar-refractivity contribution in [3.63, 3.8) is 0 Å². The summed E-state index contributed by atoms with van der Waals surface area (Å²) in [6.45, 7) is 1.81. The van der Waals surface area contributed by atoms with E-state index in [9.17, 15) is 9.59 Å². The average molecular weight is 313 g/mol. The fourth-order valence-electron chi connectivity index (χ4n) is 2.43. The minimum absolute atomic E-state index is 0. The number of benzene rings is 1. The van der Waals surface area contributed by atoms with Gasteiger partial charge in [0.2, 0.25) is 0 Å². The molecule has 0 unspecified atom stereocenters. The van der Waals surface area contributed by atoms with E-state index in [0.29, 0.717) is 16.2 Å². The summed E-state index contributed by atoms with van der Waals surface area (Å²) >= 11 is 6.23. The average Bonchev–Trinajstić information content (AvgIpc) is 3.03. The van der Waals surface area contributed by atoms with Gasteiger partial charge in [0.15, 0.2) is 0 Å². The SMILES string of the molecule is Cl.O=C1c2ccccc2C(=O)N1CC(Cl)=C1CCNC1. The molecule has 6 heteroatoms. The summed E-state index contributed by atoms with van der Waals surface area (Å²) in [4.78, 5) is 25.6. The molecule has 0 radical (unpaired) electrons. The molecule has 0 aromatic heterocycles. The van der Waals surface area contributed by atoms with Gasteiger partial charge in [0, 0.05) is 11.6 Å². The number of hydrogen-bond donors (Lipinski definition) is 1. The highest BCUT2D eigenvalue weighted by atomic mass is 35.5. The Hall–Kier alpha value is -1.36. The predicted molar refractivity (Wildman–Crippen MR) is 79.4 cm³/mol. The number of hydrogen-bond acceptors (Lipinski definition) is 3. The molecular weight excluding hydrogens is 299 g/mol. The zero-order chi connectivity index (χ0) is 13.4. The number of rotatable bonds is 2. The van der Waals surface area contributed by atoms with Crippen LogP contribution in [0.15, 0.2) is 34.9 Å². The van der Waals surface area contributed by atoms with E-state index in [-0.39, 0.29) is 30.8 Å². The molecule has 1 aromatic carbocycles. The van der Waals surface area contributed by atoms with Gasteiger partial charge < -0.3 is 5.32 Å². The van der Waals surface area contributed by atoms with Gasteiger partial charge in [-0.05, 0) is 30.7 Å². The molecular formula is C14H14Cl2N2O2. The molecule has 0 atom stereocenters. The molecule has 1 fully saturated rings.